The van der Waals surface area contributed by atoms with Crippen LogP contribution in [0.15, 0.2) is 65.2 Å². The predicted octanol–water partition coefficient (Wildman–Crippen LogP) is 3.05. The Morgan fingerprint density at radius 2 is 1.84 bits per heavy atom. The lowest BCUT2D eigenvalue weighted by atomic mass is 10.2. The monoisotopic (exact) mass is 333 g/mol. The van der Waals surface area contributed by atoms with E-state index in [-0.39, 0.29) is 0 Å². The van der Waals surface area contributed by atoms with Crippen molar-refractivity contribution in [1.82, 2.24) is 25.4 Å². The number of benzene rings is 2. The van der Waals surface area contributed by atoms with E-state index >= 15 is 0 Å². The molecular formula is C18H15N5O2. The van der Waals surface area contributed by atoms with E-state index < -0.39 is 0 Å². The van der Waals surface area contributed by atoms with Crippen LogP contribution < -0.4 is 4.74 Å². The van der Waals surface area contributed by atoms with Crippen LogP contribution in [0.1, 0.15) is 5.69 Å². The van der Waals surface area contributed by atoms with Gasteiger partial charge >= 0.3 is 0 Å². The molecule has 4 aromatic rings. The molecule has 0 fully saturated rings. The molecule has 7 heteroatoms. The molecule has 0 saturated carbocycles. The Kier molecular flexibility index (Phi) is 3.96. The molecule has 0 aliphatic heterocycles. The minimum atomic E-state index is 0.382. The van der Waals surface area contributed by atoms with E-state index in [2.05, 4.69) is 20.6 Å². The van der Waals surface area contributed by atoms with Gasteiger partial charge in [-0.05, 0) is 17.3 Å². The fourth-order valence-corrected chi connectivity index (χ4v) is 2.46. The number of ether oxygens (including phenoxy) is 1. The maximum absolute atomic E-state index is 5.39. The summed E-state index contributed by atoms with van der Waals surface area (Å²) in [5.74, 6) is 1.99. The average Bonchev–Trinajstić information content (AvgIpc) is 3.33. The minimum Gasteiger partial charge on any atom is -0.497 e. The molecule has 2 aromatic heterocycles. The highest BCUT2D eigenvalue weighted by Gasteiger charge is 2.11. The number of tetrazole rings is 1. The van der Waals surface area contributed by atoms with E-state index in [1.54, 1.807) is 7.11 Å². The largest absolute Gasteiger partial charge is 0.497 e. The molecule has 0 N–H and O–H groups in total. The summed E-state index contributed by atoms with van der Waals surface area (Å²) in [6.07, 6.45) is 0. The molecule has 0 atom stereocenters. The van der Waals surface area contributed by atoms with Crippen LogP contribution >= 0.6 is 0 Å². The third kappa shape index (κ3) is 3.25. The quantitative estimate of drug-likeness (QED) is 0.558. The molecule has 124 valence electrons. The molecule has 0 saturated heterocycles. The number of rotatable bonds is 5. The highest BCUT2D eigenvalue weighted by atomic mass is 16.5. The van der Waals surface area contributed by atoms with Gasteiger partial charge in [0.15, 0.2) is 5.76 Å². The van der Waals surface area contributed by atoms with Crippen LogP contribution in [0.25, 0.3) is 22.7 Å². The average molecular weight is 333 g/mol. The van der Waals surface area contributed by atoms with Crippen LogP contribution in [-0.4, -0.2) is 32.5 Å². The minimum absolute atomic E-state index is 0.382. The highest BCUT2D eigenvalue weighted by molar-refractivity contribution is 5.57. The van der Waals surface area contributed by atoms with Gasteiger partial charge in [-0.1, -0.05) is 47.6 Å². The van der Waals surface area contributed by atoms with E-state index in [4.69, 9.17) is 9.26 Å². The van der Waals surface area contributed by atoms with E-state index in [0.29, 0.717) is 18.1 Å². The summed E-state index contributed by atoms with van der Waals surface area (Å²) in [7, 11) is 1.62. The summed E-state index contributed by atoms with van der Waals surface area (Å²) in [4.78, 5) is 1.49. The van der Waals surface area contributed by atoms with Crippen molar-refractivity contribution in [2.75, 3.05) is 7.11 Å². The van der Waals surface area contributed by atoms with Crippen molar-refractivity contribution >= 4 is 0 Å². The van der Waals surface area contributed by atoms with Crippen LogP contribution in [0.4, 0.5) is 0 Å². The molecule has 0 aliphatic rings. The highest BCUT2D eigenvalue weighted by Crippen LogP contribution is 2.21. The zero-order chi connectivity index (χ0) is 17.1. The summed E-state index contributed by atoms with van der Waals surface area (Å²) in [5, 5.41) is 16.6. The Hall–Kier alpha value is -3.48. The second-order valence-corrected chi connectivity index (χ2v) is 5.42. The molecule has 2 aromatic carbocycles. The van der Waals surface area contributed by atoms with Gasteiger partial charge in [0.25, 0.3) is 0 Å². The second-order valence-electron chi connectivity index (χ2n) is 5.42. The van der Waals surface area contributed by atoms with Crippen molar-refractivity contribution in [3.63, 3.8) is 0 Å². The Balaban J connectivity index is 1.53. The zero-order valence-corrected chi connectivity index (χ0v) is 13.5. The molecular weight excluding hydrogens is 318 g/mol. The van der Waals surface area contributed by atoms with E-state index in [1.807, 2.05) is 60.7 Å². The first kappa shape index (κ1) is 15.1. The Labute approximate surface area is 143 Å². The number of aromatic nitrogens is 5. The lowest BCUT2D eigenvalue weighted by molar-refractivity contribution is 0.415. The maximum atomic E-state index is 5.39. The summed E-state index contributed by atoms with van der Waals surface area (Å²) in [6.45, 7) is 0.382. The third-order valence-electron chi connectivity index (χ3n) is 3.70. The summed E-state index contributed by atoms with van der Waals surface area (Å²) in [5.41, 5.74) is 2.55. The molecule has 7 nitrogen and oxygen atoms in total. The molecule has 0 aliphatic carbocycles. The van der Waals surface area contributed by atoms with E-state index in [9.17, 15) is 0 Å². The normalized spacial score (nSPS) is 10.8. The van der Waals surface area contributed by atoms with Gasteiger partial charge in [0.2, 0.25) is 5.82 Å². The van der Waals surface area contributed by atoms with Crippen LogP contribution in [0.2, 0.25) is 0 Å². The number of nitrogens with zero attached hydrogens (tertiary/aromatic N) is 5. The third-order valence-corrected chi connectivity index (χ3v) is 3.70. The summed E-state index contributed by atoms with van der Waals surface area (Å²) >= 11 is 0. The fraction of sp³-hybridized carbons (Fsp3) is 0.111. The van der Waals surface area contributed by atoms with Gasteiger partial charge in [-0.3, -0.25) is 0 Å². The number of hydrogen-bond donors (Lipinski definition) is 0. The molecule has 0 radical (unpaired) electrons. The Morgan fingerprint density at radius 3 is 2.68 bits per heavy atom. The van der Waals surface area contributed by atoms with Gasteiger partial charge in [0.05, 0.1) is 7.11 Å². The second kappa shape index (κ2) is 6.56. The SMILES string of the molecule is COc1cccc(-c2nnn(Cc3cc(-c4ccccc4)on3)n2)c1. The maximum Gasteiger partial charge on any atom is 0.205 e. The van der Waals surface area contributed by atoms with Crippen LogP contribution in [0.3, 0.4) is 0 Å². The van der Waals surface area contributed by atoms with Crippen LogP contribution in [0, 0.1) is 0 Å². The predicted molar refractivity (Wildman–Crippen MR) is 90.8 cm³/mol. The van der Waals surface area contributed by atoms with Crippen LogP contribution in [0.5, 0.6) is 5.75 Å². The summed E-state index contributed by atoms with van der Waals surface area (Å²) in [6, 6.07) is 19.2. The fourth-order valence-electron chi connectivity index (χ4n) is 2.46. The first-order chi connectivity index (χ1) is 12.3. The van der Waals surface area contributed by atoms with Gasteiger partial charge in [0, 0.05) is 17.2 Å². The lowest BCUT2D eigenvalue weighted by Crippen LogP contribution is -2.04. The molecule has 0 amide bonds. The summed E-state index contributed by atoms with van der Waals surface area (Å²) < 4.78 is 10.6. The lowest BCUT2D eigenvalue weighted by Gasteiger charge is -2.00. The van der Waals surface area contributed by atoms with E-state index in [0.717, 1.165) is 22.6 Å². The molecule has 25 heavy (non-hydrogen) atoms. The molecule has 4 rings (SSSR count). The smallest absolute Gasteiger partial charge is 0.205 e. The first-order valence-electron chi connectivity index (χ1n) is 7.75. The van der Waals surface area contributed by atoms with E-state index in [1.165, 1.54) is 4.80 Å². The van der Waals surface area contributed by atoms with Crippen molar-refractivity contribution < 1.29 is 9.26 Å². The van der Waals surface area contributed by atoms with Crippen molar-refractivity contribution in [1.29, 1.82) is 0 Å². The first-order valence-corrected chi connectivity index (χ1v) is 7.75. The van der Waals surface area contributed by atoms with Gasteiger partial charge in [-0.2, -0.15) is 4.80 Å². The molecule has 0 spiro atoms. The van der Waals surface area contributed by atoms with Gasteiger partial charge < -0.3 is 9.26 Å². The molecule has 0 unspecified atom stereocenters. The van der Waals surface area contributed by atoms with Gasteiger partial charge in [-0.15, -0.1) is 10.2 Å². The number of methoxy groups -OCH3 is 1. The van der Waals surface area contributed by atoms with Crippen molar-refractivity contribution in [2.24, 2.45) is 0 Å². The molecule has 0 bridgehead atoms. The van der Waals surface area contributed by atoms with Crippen molar-refractivity contribution in [3.8, 4) is 28.5 Å². The topological polar surface area (TPSA) is 78.9 Å². The number of hydrogen-bond acceptors (Lipinski definition) is 6. The van der Waals surface area contributed by atoms with Gasteiger partial charge in [-0.25, -0.2) is 0 Å². The van der Waals surface area contributed by atoms with Crippen molar-refractivity contribution in [3.05, 3.63) is 66.4 Å². The van der Waals surface area contributed by atoms with Crippen molar-refractivity contribution in [2.45, 2.75) is 6.54 Å². The van der Waals surface area contributed by atoms with Crippen LogP contribution in [-0.2, 0) is 6.54 Å². The zero-order valence-electron chi connectivity index (χ0n) is 13.5. The Bertz CT molecular complexity index is 978. The molecule has 2 heterocycles. The Morgan fingerprint density at radius 1 is 1.00 bits per heavy atom. The standard InChI is InChI=1S/C18H15N5O2/c1-24-16-9-5-8-14(10-16)18-19-22-23(20-18)12-15-11-17(25-21-15)13-6-3-2-4-7-13/h2-11H,12H2,1H3. The van der Waals surface area contributed by atoms with Gasteiger partial charge in [0.1, 0.15) is 18.0 Å².